The number of rotatable bonds is 4. The molecule has 32 heavy (non-hydrogen) atoms. The summed E-state index contributed by atoms with van der Waals surface area (Å²) in [7, 11) is 0. The van der Waals surface area contributed by atoms with E-state index in [-0.39, 0.29) is 6.04 Å². The fourth-order valence-electron chi connectivity index (χ4n) is 3.61. The average molecular weight is 452 g/mol. The summed E-state index contributed by atoms with van der Waals surface area (Å²) in [5, 5.41) is 7.06. The second kappa shape index (κ2) is 9.12. The van der Waals surface area contributed by atoms with E-state index in [0.717, 1.165) is 35.3 Å². The van der Waals surface area contributed by atoms with Gasteiger partial charge in [0.05, 0.1) is 0 Å². The number of benzene rings is 1. The molecule has 0 bridgehead atoms. The van der Waals surface area contributed by atoms with Crippen LogP contribution in [0.5, 0.6) is 0 Å². The molecule has 0 radical (unpaired) electrons. The minimum Gasteiger partial charge on any atom is -0.444 e. The number of fused-ring (bicyclic) bond motifs is 1. The molecule has 1 amide bonds. The van der Waals surface area contributed by atoms with Crippen molar-refractivity contribution in [2.45, 2.75) is 51.7 Å². The largest absolute Gasteiger partial charge is 0.444 e. The third-order valence-corrected chi connectivity index (χ3v) is 5.27. The van der Waals surface area contributed by atoms with E-state index >= 15 is 0 Å². The number of aryl methyl sites for hydroxylation is 1. The van der Waals surface area contributed by atoms with Gasteiger partial charge in [-0.25, -0.2) is 14.8 Å². The monoisotopic (exact) mass is 451 g/mol. The lowest BCUT2D eigenvalue weighted by Crippen LogP contribution is -2.42. The Bertz CT molecular complexity index is 1100. The summed E-state index contributed by atoms with van der Waals surface area (Å²) in [6.07, 6.45) is 5.17. The molecule has 1 aliphatic carbocycles. The predicted molar refractivity (Wildman–Crippen MR) is 125 cm³/mol. The molecule has 0 fully saturated rings. The Morgan fingerprint density at radius 2 is 1.94 bits per heavy atom. The molecule has 2 aromatic heterocycles. The van der Waals surface area contributed by atoms with Crippen LogP contribution >= 0.6 is 11.6 Å². The highest BCUT2D eigenvalue weighted by Gasteiger charge is 2.27. The Kier molecular flexibility index (Phi) is 6.28. The second-order valence-corrected chi connectivity index (χ2v) is 9.22. The molecule has 1 unspecified atom stereocenters. The molecule has 4 rings (SSSR count). The fraction of sp³-hybridized carbons (Fsp3) is 0.333. The van der Waals surface area contributed by atoms with E-state index in [9.17, 15) is 4.79 Å². The standard InChI is InChI=1S/C24H26ClN5O2/c1-24(2,3)32-23(31)28-18-10-11-20-19(13-18)22(27-17-8-6-16(25)7-9-17)30-21(29-20)15-5-4-12-26-14-15/h4-9,12,14,18H,10-11,13H2,1-3H3,(H,28,31)(H,27,29,30). The summed E-state index contributed by atoms with van der Waals surface area (Å²) in [5.74, 6) is 1.33. The SMILES string of the molecule is CC(C)(C)OC(=O)NC1CCc2nc(-c3cccnc3)nc(Nc3ccc(Cl)cc3)c2C1. The van der Waals surface area contributed by atoms with Gasteiger partial charge in [-0.05, 0) is 76.4 Å². The maximum absolute atomic E-state index is 12.3. The molecule has 1 atom stereocenters. The van der Waals surface area contributed by atoms with Crippen LogP contribution in [0.15, 0.2) is 48.8 Å². The first-order chi connectivity index (χ1) is 15.3. The van der Waals surface area contributed by atoms with Gasteiger partial charge >= 0.3 is 6.09 Å². The summed E-state index contributed by atoms with van der Waals surface area (Å²) < 4.78 is 5.43. The van der Waals surface area contributed by atoms with Crippen molar-refractivity contribution < 1.29 is 9.53 Å². The zero-order valence-corrected chi connectivity index (χ0v) is 19.1. The van der Waals surface area contributed by atoms with Crippen LogP contribution in [0.25, 0.3) is 11.4 Å². The van der Waals surface area contributed by atoms with Crippen LogP contribution < -0.4 is 10.6 Å². The molecule has 8 heteroatoms. The first-order valence-corrected chi connectivity index (χ1v) is 11.0. The van der Waals surface area contributed by atoms with Gasteiger partial charge < -0.3 is 15.4 Å². The van der Waals surface area contributed by atoms with E-state index in [0.29, 0.717) is 23.1 Å². The Morgan fingerprint density at radius 3 is 2.62 bits per heavy atom. The van der Waals surface area contributed by atoms with Gasteiger partial charge in [-0.2, -0.15) is 0 Å². The number of nitrogens with zero attached hydrogens (tertiary/aromatic N) is 3. The van der Waals surface area contributed by atoms with E-state index in [2.05, 4.69) is 15.6 Å². The van der Waals surface area contributed by atoms with Crippen LogP contribution in [0.4, 0.5) is 16.3 Å². The smallest absolute Gasteiger partial charge is 0.407 e. The van der Waals surface area contributed by atoms with Gasteiger partial charge in [-0.3, -0.25) is 4.98 Å². The van der Waals surface area contributed by atoms with Crippen LogP contribution in [0.1, 0.15) is 38.4 Å². The number of alkyl carbamates (subject to hydrolysis) is 1. The average Bonchev–Trinajstić information content (AvgIpc) is 2.75. The number of aromatic nitrogens is 3. The maximum Gasteiger partial charge on any atom is 0.407 e. The van der Waals surface area contributed by atoms with Crippen LogP contribution in [-0.4, -0.2) is 32.7 Å². The summed E-state index contributed by atoms with van der Waals surface area (Å²) in [6.45, 7) is 5.56. The van der Waals surface area contributed by atoms with Gasteiger partial charge in [-0.15, -0.1) is 0 Å². The van der Waals surface area contributed by atoms with Gasteiger partial charge in [0.25, 0.3) is 0 Å². The van der Waals surface area contributed by atoms with E-state index in [4.69, 9.17) is 26.3 Å². The zero-order valence-electron chi connectivity index (χ0n) is 18.4. The van der Waals surface area contributed by atoms with Gasteiger partial charge in [0.15, 0.2) is 5.82 Å². The lowest BCUT2D eigenvalue weighted by Gasteiger charge is -2.28. The molecule has 0 saturated carbocycles. The highest BCUT2D eigenvalue weighted by Crippen LogP contribution is 2.31. The van der Waals surface area contributed by atoms with Crippen molar-refractivity contribution in [3.63, 3.8) is 0 Å². The maximum atomic E-state index is 12.3. The number of ether oxygens (including phenoxy) is 1. The number of hydrogen-bond donors (Lipinski definition) is 2. The van der Waals surface area contributed by atoms with Gasteiger partial charge in [-0.1, -0.05) is 11.6 Å². The van der Waals surface area contributed by atoms with Crippen molar-refractivity contribution in [3.05, 3.63) is 65.1 Å². The number of halogens is 1. The molecule has 166 valence electrons. The predicted octanol–water partition coefficient (Wildman–Crippen LogP) is 5.32. The lowest BCUT2D eigenvalue weighted by atomic mass is 9.91. The number of carbonyl (C=O) groups excluding carboxylic acids is 1. The quantitative estimate of drug-likeness (QED) is 0.558. The van der Waals surface area contributed by atoms with E-state index in [1.165, 1.54) is 0 Å². The second-order valence-electron chi connectivity index (χ2n) is 8.78. The highest BCUT2D eigenvalue weighted by molar-refractivity contribution is 6.30. The summed E-state index contributed by atoms with van der Waals surface area (Å²) >= 11 is 6.04. The lowest BCUT2D eigenvalue weighted by molar-refractivity contribution is 0.0500. The molecule has 3 aromatic rings. The van der Waals surface area contributed by atoms with Gasteiger partial charge in [0.1, 0.15) is 11.4 Å². The number of hydrogen-bond acceptors (Lipinski definition) is 6. The molecule has 0 aliphatic heterocycles. The van der Waals surface area contributed by atoms with Crippen molar-refractivity contribution in [1.82, 2.24) is 20.3 Å². The Labute approximate surface area is 192 Å². The highest BCUT2D eigenvalue weighted by atomic mass is 35.5. The Morgan fingerprint density at radius 1 is 1.16 bits per heavy atom. The third-order valence-electron chi connectivity index (χ3n) is 5.02. The van der Waals surface area contributed by atoms with E-state index in [1.807, 2.05) is 57.2 Å². The van der Waals surface area contributed by atoms with Crippen LogP contribution in [0.3, 0.4) is 0 Å². The van der Waals surface area contributed by atoms with Gasteiger partial charge in [0.2, 0.25) is 0 Å². The number of pyridine rings is 1. The normalized spacial score (nSPS) is 15.6. The number of amides is 1. The van der Waals surface area contributed by atoms with Crippen LogP contribution in [0.2, 0.25) is 5.02 Å². The number of nitrogens with one attached hydrogen (secondary N) is 2. The van der Waals surface area contributed by atoms with Gasteiger partial charge in [0, 0.05) is 46.0 Å². The minimum atomic E-state index is -0.542. The number of carbonyl (C=O) groups is 1. The summed E-state index contributed by atoms with van der Waals surface area (Å²) in [4.78, 5) is 26.1. The van der Waals surface area contributed by atoms with E-state index < -0.39 is 11.7 Å². The molecule has 7 nitrogen and oxygen atoms in total. The minimum absolute atomic E-state index is 0.0593. The Balaban J connectivity index is 1.64. The van der Waals surface area contributed by atoms with Crippen LogP contribution in [0, 0.1) is 0 Å². The Hall–Kier alpha value is -3.19. The molecule has 0 spiro atoms. The first-order valence-electron chi connectivity index (χ1n) is 10.6. The first kappa shape index (κ1) is 22.0. The van der Waals surface area contributed by atoms with Crippen molar-refractivity contribution in [2.75, 3.05) is 5.32 Å². The summed E-state index contributed by atoms with van der Waals surface area (Å²) in [5.41, 5.74) is 3.13. The van der Waals surface area contributed by atoms with Crippen LogP contribution in [-0.2, 0) is 17.6 Å². The zero-order chi connectivity index (χ0) is 22.7. The topological polar surface area (TPSA) is 89.0 Å². The molecule has 1 aromatic carbocycles. The van der Waals surface area contributed by atoms with Crippen molar-refractivity contribution in [1.29, 1.82) is 0 Å². The summed E-state index contributed by atoms with van der Waals surface area (Å²) in [6, 6.07) is 11.2. The molecular weight excluding hydrogens is 426 g/mol. The number of anilines is 2. The molecule has 2 heterocycles. The van der Waals surface area contributed by atoms with E-state index in [1.54, 1.807) is 12.4 Å². The molecule has 0 saturated heterocycles. The molecular formula is C24H26ClN5O2. The van der Waals surface area contributed by atoms with Crippen molar-refractivity contribution in [2.24, 2.45) is 0 Å². The molecule has 1 aliphatic rings. The van der Waals surface area contributed by atoms with Crippen molar-refractivity contribution >= 4 is 29.2 Å². The van der Waals surface area contributed by atoms with Crippen molar-refractivity contribution in [3.8, 4) is 11.4 Å². The third kappa shape index (κ3) is 5.53. The molecule has 2 N–H and O–H groups in total. The fourth-order valence-corrected chi connectivity index (χ4v) is 3.73.